The van der Waals surface area contributed by atoms with Crippen LogP contribution in [-0.4, -0.2) is 29.1 Å². The molecule has 0 aromatic rings. The molecule has 1 aliphatic rings. The normalized spacial score (nSPS) is 27.7. The molecular weight excluding hydrogens is 212 g/mol. The van der Waals surface area contributed by atoms with Gasteiger partial charge in [-0.25, -0.2) is 5.84 Å². The Morgan fingerprint density at radius 1 is 1.73 bits per heavy atom. The van der Waals surface area contributed by atoms with Gasteiger partial charge in [0.15, 0.2) is 0 Å². The molecule has 1 fully saturated rings. The summed E-state index contributed by atoms with van der Waals surface area (Å²) in [6.07, 6.45) is 2.85. The molecule has 5 heteroatoms. The van der Waals surface area contributed by atoms with Crippen LogP contribution in [0.4, 0.5) is 0 Å². The third-order valence-corrected chi connectivity index (χ3v) is 4.32. The first kappa shape index (κ1) is 12.8. The smallest absolute Gasteiger partial charge is 0.233 e. The van der Waals surface area contributed by atoms with Gasteiger partial charge in [0, 0.05) is 23.5 Å². The molecule has 1 amide bonds. The molecule has 1 heterocycles. The van der Waals surface area contributed by atoms with Crippen LogP contribution in [0.3, 0.4) is 0 Å². The average Bonchev–Trinajstić information content (AvgIpc) is 2.61. The van der Waals surface area contributed by atoms with E-state index in [1.807, 2.05) is 11.8 Å². The van der Waals surface area contributed by atoms with Crippen LogP contribution in [-0.2, 0) is 9.53 Å². The van der Waals surface area contributed by atoms with E-state index in [2.05, 4.69) is 19.3 Å². The molecule has 0 saturated carbocycles. The second kappa shape index (κ2) is 6.35. The summed E-state index contributed by atoms with van der Waals surface area (Å²) in [6, 6.07) is 0. The molecule has 1 rings (SSSR count). The van der Waals surface area contributed by atoms with Gasteiger partial charge in [-0.1, -0.05) is 6.92 Å². The number of thioether (sulfide) groups is 1. The average molecular weight is 232 g/mol. The van der Waals surface area contributed by atoms with Gasteiger partial charge in [-0.05, 0) is 19.8 Å². The Labute approximate surface area is 95.3 Å². The van der Waals surface area contributed by atoms with E-state index in [4.69, 9.17) is 10.6 Å². The Hall–Kier alpha value is -0.260. The molecule has 0 aromatic carbocycles. The number of amides is 1. The largest absolute Gasteiger partial charge is 0.377 e. The molecule has 88 valence electrons. The van der Waals surface area contributed by atoms with E-state index in [1.54, 1.807) is 0 Å². The van der Waals surface area contributed by atoms with Crippen molar-refractivity contribution < 1.29 is 9.53 Å². The minimum Gasteiger partial charge on any atom is -0.377 e. The van der Waals surface area contributed by atoms with Gasteiger partial charge >= 0.3 is 0 Å². The SMILES string of the molecule is CC(CCC(=O)NN)SC1CCOC1C. The van der Waals surface area contributed by atoms with Crippen LogP contribution >= 0.6 is 11.8 Å². The zero-order valence-electron chi connectivity index (χ0n) is 9.36. The summed E-state index contributed by atoms with van der Waals surface area (Å²) < 4.78 is 5.49. The summed E-state index contributed by atoms with van der Waals surface area (Å²) in [5.74, 6) is 4.93. The number of rotatable bonds is 5. The number of hydrogen-bond donors (Lipinski definition) is 2. The minimum absolute atomic E-state index is 0.0850. The highest BCUT2D eigenvalue weighted by Crippen LogP contribution is 2.31. The molecule has 3 N–H and O–H groups in total. The number of carbonyl (C=O) groups is 1. The molecule has 0 aliphatic carbocycles. The van der Waals surface area contributed by atoms with Crippen molar-refractivity contribution in [2.75, 3.05) is 6.61 Å². The summed E-state index contributed by atoms with van der Waals surface area (Å²) >= 11 is 1.92. The summed E-state index contributed by atoms with van der Waals surface area (Å²) in [7, 11) is 0. The fraction of sp³-hybridized carbons (Fsp3) is 0.900. The van der Waals surface area contributed by atoms with Gasteiger partial charge in [-0.3, -0.25) is 10.2 Å². The van der Waals surface area contributed by atoms with Crippen molar-refractivity contribution in [1.82, 2.24) is 5.43 Å². The number of hydrazine groups is 1. The molecule has 0 bridgehead atoms. The summed E-state index contributed by atoms with van der Waals surface area (Å²) in [6.45, 7) is 5.14. The summed E-state index contributed by atoms with van der Waals surface area (Å²) in [5.41, 5.74) is 2.15. The van der Waals surface area contributed by atoms with Crippen LogP contribution in [0.2, 0.25) is 0 Å². The van der Waals surface area contributed by atoms with Gasteiger partial charge in [0.1, 0.15) is 0 Å². The Kier molecular flexibility index (Phi) is 5.42. The van der Waals surface area contributed by atoms with Crippen LogP contribution in [0, 0.1) is 0 Å². The standard InChI is InChI=1S/C10H20N2O2S/c1-7(3-4-10(13)12-11)15-9-5-6-14-8(9)2/h7-9H,3-6,11H2,1-2H3,(H,12,13). The van der Waals surface area contributed by atoms with E-state index in [0.29, 0.717) is 23.0 Å². The topological polar surface area (TPSA) is 64.4 Å². The summed E-state index contributed by atoms with van der Waals surface area (Å²) in [4.78, 5) is 10.9. The minimum atomic E-state index is -0.0850. The molecule has 3 atom stereocenters. The van der Waals surface area contributed by atoms with E-state index >= 15 is 0 Å². The first-order valence-electron chi connectivity index (χ1n) is 5.40. The Morgan fingerprint density at radius 2 is 2.47 bits per heavy atom. The van der Waals surface area contributed by atoms with Crippen molar-refractivity contribution in [2.45, 2.75) is 49.7 Å². The second-order valence-corrected chi connectivity index (χ2v) is 5.64. The highest BCUT2D eigenvalue weighted by atomic mass is 32.2. The van der Waals surface area contributed by atoms with Crippen LogP contribution in [0.15, 0.2) is 0 Å². The molecule has 1 saturated heterocycles. The molecule has 3 unspecified atom stereocenters. The first-order chi connectivity index (χ1) is 7.13. The second-order valence-electron chi connectivity index (χ2n) is 3.96. The lowest BCUT2D eigenvalue weighted by molar-refractivity contribution is -0.121. The lowest BCUT2D eigenvalue weighted by Crippen LogP contribution is -2.30. The third-order valence-electron chi connectivity index (χ3n) is 2.65. The van der Waals surface area contributed by atoms with Crippen molar-refractivity contribution >= 4 is 17.7 Å². The third kappa shape index (κ3) is 4.40. The quantitative estimate of drug-likeness (QED) is 0.422. The van der Waals surface area contributed by atoms with E-state index in [1.165, 1.54) is 0 Å². The molecule has 0 spiro atoms. The van der Waals surface area contributed by atoms with Crippen LogP contribution in [0.1, 0.15) is 33.1 Å². The van der Waals surface area contributed by atoms with Crippen molar-refractivity contribution in [3.05, 3.63) is 0 Å². The monoisotopic (exact) mass is 232 g/mol. The molecule has 15 heavy (non-hydrogen) atoms. The maximum atomic E-state index is 10.9. The molecule has 4 nitrogen and oxygen atoms in total. The van der Waals surface area contributed by atoms with Crippen molar-refractivity contribution in [2.24, 2.45) is 5.84 Å². The Morgan fingerprint density at radius 3 is 3.00 bits per heavy atom. The highest BCUT2D eigenvalue weighted by Gasteiger charge is 2.26. The van der Waals surface area contributed by atoms with Crippen molar-refractivity contribution in [3.63, 3.8) is 0 Å². The number of ether oxygens (including phenoxy) is 1. The number of hydrogen-bond acceptors (Lipinski definition) is 4. The fourth-order valence-corrected chi connectivity index (χ4v) is 3.05. The van der Waals surface area contributed by atoms with E-state index < -0.39 is 0 Å². The van der Waals surface area contributed by atoms with Crippen molar-refractivity contribution in [1.29, 1.82) is 0 Å². The van der Waals surface area contributed by atoms with Gasteiger partial charge in [-0.15, -0.1) is 0 Å². The Bertz CT molecular complexity index is 214. The van der Waals surface area contributed by atoms with Gasteiger partial charge in [0.05, 0.1) is 6.10 Å². The van der Waals surface area contributed by atoms with Crippen LogP contribution in [0.25, 0.3) is 0 Å². The van der Waals surface area contributed by atoms with Crippen LogP contribution in [0.5, 0.6) is 0 Å². The Balaban J connectivity index is 2.17. The van der Waals surface area contributed by atoms with E-state index in [-0.39, 0.29) is 5.91 Å². The predicted molar refractivity (Wildman–Crippen MR) is 62.4 cm³/mol. The lowest BCUT2D eigenvalue weighted by atomic mass is 10.2. The maximum Gasteiger partial charge on any atom is 0.233 e. The predicted octanol–water partition coefficient (Wildman–Crippen LogP) is 1.06. The van der Waals surface area contributed by atoms with Gasteiger partial charge in [0.25, 0.3) is 0 Å². The summed E-state index contributed by atoms with van der Waals surface area (Å²) in [5, 5.41) is 1.07. The molecule has 1 aliphatic heterocycles. The molecule has 0 radical (unpaired) electrons. The molecular formula is C10H20N2O2S. The van der Waals surface area contributed by atoms with E-state index in [0.717, 1.165) is 19.4 Å². The van der Waals surface area contributed by atoms with Crippen LogP contribution < -0.4 is 11.3 Å². The van der Waals surface area contributed by atoms with Gasteiger partial charge in [-0.2, -0.15) is 11.8 Å². The molecule has 0 aromatic heterocycles. The van der Waals surface area contributed by atoms with Crippen molar-refractivity contribution in [3.8, 4) is 0 Å². The fourth-order valence-electron chi connectivity index (χ4n) is 1.66. The zero-order chi connectivity index (χ0) is 11.3. The lowest BCUT2D eigenvalue weighted by Gasteiger charge is -2.18. The number of carbonyl (C=O) groups excluding carboxylic acids is 1. The number of nitrogens with one attached hydrogen (secondary N) is 1. The van der Waals surface area contributed by atoms with E-state index in [9.17, 15) is 4.79 Å². The zero-order valence-corrected chi connectivity index (χ0v) is 10.2. The van der Waals surface area contributed by atoms with Gasteiger partial charge < -0.3 is 4.74 Å². The maximum absolute atomic E-state index is 10.9. The number of nitrogens with two attached hydrogens (primary N) is 1. The first-order valence-corrected chi connectivity index (χ1v) is 6.34. The highest BCUT2D eigenvalue weighted by molar-refractivity contribution is 8.00. The van der Waals surface area contributed by atoms with Gasteiger partial charge in [0.2, 0.25) is 5.91 Å².